The van der Waals surface area contributed by atoms with Crippen molar-refractivity contribution in [3.8, 4) is 17.0 Å². The third-order valence-electron chi connectivity index (χ3n) is 5.59. The van der Waals surface area contributed by atoms with E-state index in [1.165, 1.54) is 7.11 Å². The summed E-state index contributed by atoms with van der Waals surface area (Å²) >= 11 is 0. The van der Waals surface area contributed by atoms with Crippen molar-refractivity contribution >= 4 is 22.9 Å². The van der Waals surface area contributed by atoms with E-state index in [9.17, 15) is 13.2 Å². The summed E-state index contributed by atoms with van der Waals surface area (Å²) in [5.74, 6) is -0.348. The third kappa shape index (κ3) is 3.71. The standard InChI is InChI=1S/C21H22F3N5O/c1-11(10-21(22,23)24)16-9-14-8-13(4-5-17(14)26-12(16)2)15-6-7-29-18(15)19(30-3)27-20(25)28-29/h4-8,11,16H,9-10H2,1-3H3,(H2,25,28)/t11-,16-/m1/s1. The van der Waals surface area contributed by atoms with Crippen LogP contribution in [0.4, 0.5) is 24.8 Å². The number of hydrogen-bond donors (Lipinski definition) is 1. The fraction of sp³-hybridized carbons (Fsp3) is 0.381. The molecule has 6 nitrogen and oxygen atoms in total. The Kier molecular flexibility index (Phi) is 4.91. The summed E-state index contributed by atoms with van der Waals surface area (Å²) in [7, 11) is 1.51. The van der Waals surface area contributed by atoms with Gasteiger partial charge >= 0.3 is 6.18 Å². The maximum Gasteiger partial charge on any atom is 0.389 e. The van der Waals surface area contributed by atoms with E-state index in [2.05, 4.69) is 15.1 Å². The van der Waals surface area contributed by atoms with Crippen molar-refractivity contribution in [1.29, 1.82) is 0 Å². The molecular formula is C21H22F3N5O. The molecule has 2 atom stereocenters. The molecule has 0 radical (unpaired) electrons. The van der Waals surface area contributed by atoms with E-state index in [-0.39, 0.29) is 11.9 Å². The summed E-state index contributed by atoms with van der Waals surface area (Å²) in [5.41, 5.74) is 10.6. The Bertz CT molecular complexity index is 1140. The zero-order valence-corrected chi connectivity index (χ0v) is 16.9. The molecule has 0 unspecified atom stereocenters. The molecule has 1 aliphatic heterocycles. The molecule has 4 rings (SSSR count). The van der Waals surface area contributed by atoms with Gasteiger partial charge in [0.1, 0.15) is 5.52 Å². The van der Waals surface area contributed by atoms with Gasteiger partial charge in [0.2, 0.25) is 11.8 Å². The average Bonchev–Trinajstić information content (AvgIpc) is 3.08. The number of nitrogen functional groups attached to an aromatic ring is 1. The number of ether oxygens (including phenoxy) is 1. The first-order valence-electron chi connectivity index (χ1n) is 9.60. The highest BCUT2D eigenvalue weighted by Gasteiger charge is 2.35. The van der Waals surface area contributed by atoms with Crippen molar-refractivity contribution in [3.05, 3.63) is 36.0 Å². The maximum atomic E-state index is 12.9. The quantitative estimate of drug-likeness (QED) is 0.659. The molecule has 0 fully saturated rings. The van der Waals surface area contributed by atoms with Crippen LogP contribution in [0.3, 0.4) is 0 Å². The van der Waals surface area contributed by atoms with Crippen molar-refractivity contribution in [2.75, 3.05) is 12.8 Å². The molecular weight excluding hydrogens is 395 g/mol. The highest BCUT2D eigenvalue weighted by atomic mass is 19.4. The lowest BCUT2D eigenvalue weighted by molar-refractivity contribution is -0.145. The SMILES string of the molecule is COc1nc(N)nn2ccc(-c3ccc4c(c3)C[C@H]([C@H](C)CC(F)(F)F)C(C)=N4)c12. The monoisotopic (exact) mass is 417 g/mol. The molecule has 30 heavy (non-hydrogen) atoms. The van der Waals surface area contributed by atoms with Crippen molar-refractivity contribution in [2.45, 2.75) is 32.9 Å². The maximum absolute atomic E-state index is 12.9. The van der Waals surface area contributed by atoms with Gasteiger partial charge in [0.05, 0.1) is 12.8 Å². The summed E-state index contributed by atoms with van der Waals surface area (Å²) in [6.07, 6.45) is -2.73. The van der Waals surface area contributed by atoms with Gasteiger partial charge in [-0.1, -0.05) is 13.0 Å². The first-order chi connectivity index (χ1) is 14.2. The minimum Gasteiger partial charge on any atom is -0.479 e. The van der Waals surface area contributed by atoms with Gasteiger partial charge in [-0.3, -0.25) is 4.99 Å². The minimum absolute atomic E-state index is 0.0956. The van der Waals surface area contributed by atoms with Crippen molar-refractivity contribution in [1.82, 2.24) is 14.6 Å². The number of alkyl halides is 3. The van der Waals surface area contributed by atoms with Crippen LogP contribution in [0, 0.1) is 11.8 Å². The number of fused-ring (bicyclic) bond motifs is 2. The van der Waals surface area contributed by atoms with Gasteiger partial charge in [0, 0.05) is 29.8 Å². The Balaban J connectivity index is 1.73. The fourth-order valence-corrected chi connectivity index (χ4v) is 4.19. The van der Waals surface area contributed by atoms with Crippen LogP contribution in [0.1, 0.15) is 25.8 Å². The second-order valence-electron chi connectivity index (χ2n) is 7.71. The molecule has 2 N–H and O–H groups in total. The van der Waals surface area contributed by atoms with Crippen molar-refractivity contribution < 1.29 is 17.9 Å². The predicted octanol–water partition coefficient (Wildman–Crippen LogP) is 4.84. The normalized spacial score (nSPS) is 17.5. The lowest BCUT2D eigenvalue weighted by Crippen LogP contribution is -2.28. The Morgan fingerprint density at radius 2 is 2.07 bits per heavy atom. The number of methoxy groups -OCH3 is 1. The van der Waals surface area contributed by atoms with E-state index < -0.39 is 18.5 Å². The number of anilines is 1. The molecule has 0 saturated carbocycles. The van der Waals surface area contributed by atoms with Crippen LogP contribution in [0.15, 0.2) is 35.5 Å². The zero-order valence-electron chi connectivity index (χ0n) is 16.9. The number of nitrogens with zero attached hydrogens (tertiary/aromatic N) is 4. The zero-order chi connectivity index (χ0) is 21.6. The van der Waals surface area contributed by atoms with E-state index in [4.69, 9.17) is 10.5 Å². The van der Waals surface area contributed by atoms with Gasteiger partial charge in [-0.2, -0.15) is 18.2 Å². The molecule has 1 aliphatic rings. The lowest BCUT2D eigenvalue weighted by Gasteiger charge is -2.29. The van der Waals surface area contributed by atoms with Crippen LogP contribution < -0.4 is 10.5 Å². The number of rotatable bonds is 4. The largest absolute Gasteiger partial charge is 0.479 e. The molecule has 0 saturated heterocycles. The van der Waals surface area contributed by atoms with Gasteiger partial charge in [-0.25, -0.2) is 4.52 Å². The van der Waals surface area contributed by atoms with Crippen LogP contribution in [0.2, 0.25) is 0 Å². The van der Waals surface area contributed by atoms with Crippen LogP contribution >= 0.6 is 0 Å². The number of aliphatic imine (C=N–C) groups is 1. The molecule has 158 valence electrons. The average molecular weight is 417 g/mol. The lowest BCUT2D eigenvalue weighted by atomic mass is 9.80. The predicted molar refractivity (Wildman–Crippen MR) is 109 cm³/mol. The Labute approximate surface area is 171 Å². The van der Waals surface area contributed by atoms with Gasteiger partial charge in [-0.15, -0.1) is 5.10 Å². The second-order valence-corrected chi connectivity index (χ2v) is 7.71. The highest BCUT2D eigenvalue weighted by molar-refractivity contribution is 5.91. The second kappa shape index (κ2) is 7.30. The summed E-state index contributed by atoms with van der Waals surface area (Å²) in [4.78, 5) is 8.73. The summed E-state index contributed by atoms with van der Waals surface area (Å²) < 4.78 is 45.7. The van der Waals surface area contributed by atoms with E-state index in [1.807, 2.05) is 31.2 Å². The van der Waals surface area contributed by atoms with Crippen LogP contribution in [-0.2, 0) is 6.42 Å². The first kappa shape index (κ1) is 20.2. The van der Waals surface area contributed by atoms with Crippen LogP contribution in [0.25, 0.3) is 16.6 Å². The topological polar surface area (TPSA) is 77.8 Å². The van der Waals surface area contributed by atoms with E-state index in [0.29, 0.717) is 17.8 Å². The van der Waals surface area contributed by atoms with E-state index in [0.717, 1.165) is 28.1 Å². The number of halogens is 3. The molecule has 0 bridgehead atoms. The molecule has 0 spiro atoms. The van der Waals surface area contributed by atoms with Crippen molar-refractivity contribution in [3.63, 3.8) is 0 Å². The highest BCUT2D eigenvalue weighted by Crippen LogP contribution is 2.39. The van der Waals surface area contributed by atoms with Gasteiger partial charge in [0.25, 0.3) is 0 Å². The van der Waals surface area contributed by atoms with Gasteiger partial charge in [-0.05, 0) is 48.6 Å². The third-order valence-corrected chi connectivity index (χ3v) is 5.59. The van der Waals surface area contributed by atoms with E-state index >= 15 is 0 Å². The number of hydrogen-bond acceptors (Lipinski definition) is 5. The molecule has 3 heterocycles. The number of aromatic nitrogens is 3. The molecule has 1 aromatic carbocycles. The Morgan fingerprint density at radius 3 is 2.77 bits per heavy atom. The van der Waals surface area contributed by atoms with E-state index in [1.54, 1.807) is 17.6 Å². The van der Waals surface area contributed by atoms with Crippen molar-refractivity contribution in [2.24, 2.45) is 16.8 Å². The molecule has 0 amide bonds. The minimum atomic E-state index is -4.19. The molecule has 0 aliphatic carbocycles. The summed E-state index contributed by atoms with van der Waals surface area (Å²) in [6.45, 7) is 3.45. The van der Waals surface area contributed by atoms with Crippen LogP contribution in [0.5, 0.6) is 5.88 Å². The van der Waals surface area contributed by atoms with Crippen LogP contribution in [-0.4, -0.2) is 33.6 Å². The summed E-state index contributed by atoms with van der Waals surface area (Å²) in [5, 5.41) is 4.17. The molecule has 9 heteroatoms. The molecule has 3 aromatic rings. The number of benzene rings is 1. The Hall–Kier alpha value is -3.10. The number of nitrogens with two attached hydrogens (primary N) is 1. The fourth-order valence-electron chi connectivity index (χ4n) is 4.19. The van der Waals surface area contributed by atoms with Gasteiger partial charge in [0.15, 0.2) is 0 Å². The smallest absolute Gasteiger partial charge is 0.389 e. The Morgan fingerprint density at radius 1 is 1.30 bits per heavy atom. The molecule has 2 aromatic heterocycles. The summed E-state index contributed by atoms with van der Waals surface area (Å²) in [6, 6.07) is 7.69. The first-order valence-corrected chi connectivity index (χ1v) is 9.60. The van der Waals surface area contributed by atoms with Gasteiger partial charge < -0.3 is 10.5 Å².